The van der Waals surface area contributed by atoms with Crippen LogP contribution in [0.3, 0.4) is 0 Å². The molecular formula is C12H14INO. The van der Waals surface area contributed by atoms with Gasteiger partial charge in [-0.05, 0) is 11.5 Å². The maximum absolute atomic E-state index is 11.7. The molecule has 0 aromatic heterocycles. The van der Waals surface area contributed by atoms with E-state index in [0.717, 1.165) is 23.9 Å². The maximum Gasteiger partial charge on any atom is 0.223 e. The highest BCUT2D eigenvalue weighted by atomic mass is 127. The number of benzene rings is 1. The van der Waals surface area contributed by atoms with Crippen molar-refractivity contribution in [3.63, 3.8) is 0 Å². The van der Waals surface area contributed by atoms with Gasteiger partial charge >= 0.3 is 0 Å². The minimum Gasteiger partial charge on any atom is -0.338 e. The van der Waals surface area contributed by atoms with E-state index in [9.17, 15) is 4.79 Å². The summed E-state index contributed by atoms with van der Waals surface area (Å²) in [5, 5.41) is 0. The summed E-state index contributed by atoms with van der Waals surface area (Å²) in [6, 6.07) is 10.2. The molecule has 3 heteroatoms. The molecule has 1 aliphatic heterocycles. The molecule has 1 unspecified atom stereocenters. The van der Waals surface area contributed by atoms with E-state index in [1.165, 1.54) is 5.56 Å². The Hall–Kier alpha value is -0.580. The topological polar surface area (TPSA) is 20.3 Å². The van der Waals surface area contributed by atoms with Crippen LogP contribution in [0, 0.1) is 5.92 Å². The number of rotatable bonds is 3. The van der Waals surface area contributed by atoms with Gasteiger partial charge in [-0.25, -0.2) is 0 Å². The van der Waals surface area contributed by atoms with Crippen molar-refractivity contribution in [3.8, 4) is 0 Å². The molecule has 15 heavy (non-hydrogen) atoms. The Labute approximate surface area is 104 Å². The van der Waals surface area contributed by atoms with Gasteiger partial charge < -0.3 is 4.90 Å². The second-order valence-electron chi connectivity index (χ2n) is 3.98. The zero-order valence-electron chi connectivity index (χ0n) is 8.53. The Morgan fingerprint density at radius 3 is 2.67 bits per heavy atom. The Morgan fingerprint density at radius 1 is 1.33 bits per heavy atom. The largest absolute Gasteiger partial charge is 0.338 e. The van der Waals surface area contributed by atoms with Crippen LogP contribution < -0.4 is 0 Å². The third-order valence-corrected chi connectivity index (χ3v) is 3.97. The number of halogens is 1. The van der Waals surface area contributed by atoms with Crippen LogP contribution in [0.25, 0.3) is 0 Å². The van der Waals surface area contributed by atoms with Gasteiger partial charge in [0.1, 0.15) is 0 Å². The number of hydrogen-bond donors (Lipinski definition) is 0. The van der Waals surface area contributed by atoms with Crippen molar-refractivity contribution in [1.29, 1.82) is 0 Å². The lowest BCUT2D eigenvalue weighted by Crippen LogP contribution is -2.24. The highest BCUT2D eigenvalue weighted by Crippen LogP contribution is 2.21. The molecule has 0 saturated carbocycles. The monoisotopic (exact) mass is 315 g/mol. The van der Waals surface area contributed by atoms with Crippen molar-refractivity contribution < 1.29 is 4.79 Å². The van der Waals surface area contributed by atoms with E-state index in [4.69, 9.17) is 0 Å². The molecule has 1 saturated heterocycles. The SMILES string of the molecule is O=C1CC(CI)CN1Cc1ccccc1. The van der Waals surface area contributed by atoms with Gasteiger partial charge in [0.15, 0.2) is 0 Å². The van der Waals surface area contributed by atoms with Crippen molar-refractivity contribution in [2.45, 2.75) is 13.0 Å². The van der Waals surface area contributed by atoms with Crippen molar-refractivity contribution in [1.82, 2.24) is 4.90 Å². The molecular weight excluding hydrogens is 301 g/mol. The molecule has 0 bridgehead atoms. The first-order valence-corrected chi connectivity index (χ1v) is 6.70. The smallest absolute Gasteiger partial charge is 0.223 e. The number of hydrogen-bond acceptors (Lipinski definition) is 1. The lowest BCUT2D eigenvalue weighted by molar-refractivity contribution is -0.128. The van der Waals surface area contributed by atoms with E-state index in [1.54, 1.807) is 0 Å². The third kappa shape index (κ3) is 2.71. The average Bonchev–Trinajstić information content (AvgIpc) is 2.61. The summed E-state index contributed by atoms with van der Waals surface area (Å²) in [7, 11) is 0. The predicted octanol–water partition coefficient (Wildman–Crippen LogP) is 2.47. The van der Waals surface area contributed by atoms with Crippen LogP contribution in [-0.2, 0) is 11.3 Å². The minimum atomic E-state index is 0.306. The minimum absolute atomic E-state index is 0.306. The zero-order valence-corrected chi connectivity index (χ0v) is 10.7. The van der Waals surface area contributed by atoms with E-state index in [-0.39, 0.29) is 0 Å². The number of nitrogens with zero attached hydrogens (tertiary/aromatic N) is 1. The van der Waals surface area contributed by atoms with Crippen LogP contribution in [0.5, 0.6) is 0 Å². The number of amides is 1. The van der Waals surface area contributed by atoms with Gasteiger partial charge in [0.2, 0.25) is 5.91 Å². The normalized spacial score (nSPS) is 21.0. The highest BCUT2D eigenvalue weighted by molar-refractivity contribution is 14.1. The number of carbonyl (C=O) groups excluding carboxylic acids is 1. The predicted molar refractivity (Wildman–Crippen MR) is 68.9 cm³/mol. The summed E-state index contributed by atoms with van der Waals surface area (Å²) in [6.45, 7) is 1.70. The highest BCUT2D eigenvalue weighted by Gasteiger charge is 2.28. The molecule has 1 aliphatic rings. The van der Waals surface area contributed by atoms with Gasteiger partial charge in [-0.2, -0.15) is 0 Å². The molecule has 1 atom stereocenters. The Morgan fingerprint density at radius 2 is 2.07 bits per heavy atom. The standard InChI is InChI=1S/C12H14INO/c13-7-11-6-12(15)14(9-11)8-10-4-2-1-3-5-10/h1-5,11H,6-9H2. The van der Waals surface area contributed by atoms with Crippen LogP contribution in [-0.4, -0.2) is 21.8 Å². The lowest BCUT2D eigenvalue weighted by atomic mass is 10.2. The number of likely N-dealkylation sites (tertiary alicyclic amines) is 1. The first kappa shape index (κ1) is 10.9. The van der Waals surface area contributed by atoms with Gasteiger partial charge in [0, 0.05) is 23.9 Å². The molecule has 80 valence electrons. The molecule has 1 aromatic carbocycles. The fourth-order valence-corrected chi connectivity index (χ4v) is 2.50. The summed E-state index contributed by atoms with van der Waals surface area (Å²) >= 11 is 2.36. The van der Waals surface area contributed by atoms with E-state index in [1.807, 2.05) is 23.1 Å². The third-order valence-electron chi connectivity index (χ3n) is 2.73. The van der Waals surface area contributed by atoms with Crippen molar-refractivity contribution >= 4 is 28.5 Å². The van der Waals surface area contributed by atoms with E-state index < -0.39 is 0 Å². The summed E-state index contributed by atoms with van der Waals surface area (Å²) in [5.41, 5.74) is 1.22. The molecule has 0 spiro atoms. The van der Waals surface area contributed by atoms with Gasteiger partial charge in [-0.1, -0.05) is 52.9 Å². The second-order valence-corrected chi connectivity index (χ2v) is 4.87. The van der Waals surface area contributed by atoms with E-state index in [0.29, 0.717) is 11.8 Å². The van der Waals surface area contributed by atoms with E-state index in [2.05, 4.69) is 34.7 Å². The molecule has 0 radical (unpaired) electrons. The van der Waals surface area contributed by atoms with E-state index >= 15 is 0 Å². The quantitative estimate of drug-likeness (QED) is 0.620. The molecule has 2 nitrogen and oxygen atoms in total. The maximum atomic E-state index is 11.7. The van der Waals surface area contributed by atoms with Gasteiger partial charge in [-0.3, -0.25) is 4.79 Å². The molecule has 0 aliphatic carbocycles. The Bertz CT molecular complexity index is 339. The first-order valence-electron chi connectivity index (χ1n) is 5.17. The number of alkyl halides is 1. The van der Waals surface area contributed by atoms with Gasteiger partial charge in [0.25, 0.3) is 0 Å². The summed E-state index contributed by atoms with van der Waals surface area (Å²) in [6.07, 6.45) is 0.732. The summed E-state index contributed by atoms with van der Waals surface area (Å²) in [4.78, 5) is 13.6. The first-order chi connectivity index (χ1) is 7.29. The van der Waals surface area contributed by atoms with Crippen LogP contribution in [0.4, 0.5) is 0 Å². The lowest BCUT2D eigenvalue weighted by Gasteiger charge is -2.16. The second kappa shape index (κ2) is 4.96. The molecule has 1 heterocycles. The Kier molecular flexibility index (Phi) is 3.61. The molecule has 0 N–H and O–H groups in total. The van der Waals surface area contributed by atoms with Gasteiger partial charge in [-0.15, -0.1) is 0 Å². The fraction of sp³-hybridized carbons (Fsp3) is 0.417. The molecule has 1 aromatic rings. The summed E-state index contributed by atoms with van der Waals surface area (Å²) < 4.78 is 1.08. The Balaban J connectivity index is 1.99. The zero-order chi connectivity index (χ0) is 10.7. The molecule has 1 fully saturated rings. The van der Waals surface area contributed by atoms with Crippen molar-refractivity contribution in [2.24, 2.45) is 5.92 Å². The van der Waals surface area contributed by atoms with Crippen LogP contribution in [0.1, 0.15) is 12.0 Å². The van der Waals surface area contributed by atoms with Gasteiger partial charge in [0.05, 0.1) is 0 Å². The van der Waals surface area contributed by atoms with Crippen LogP contribution in [0.15, 0.2) is 30.3 Å². The average molecular weight is 315 g/mol. The van der Waals surface area contributed by atoms with Crippen molar-refractivity contribution in [2.75, 3.05) is 11.0 Å². The fourth-order valence-electron chi connectivity index (χ4n) is 1.91. The summed E-state index contributed by atoms with van der Waals surface area (Å²) in [5.74, 6) is 0.863. The van der Waals surface area contributed by atoms with Crippen molar-refractivity contribution in [3.05, 3.63) is 35.9 Å². The molecule has 2 rings (SSSR count). The van der Waals surface area contributed by atoms with Crippen LogP contribution in [0.2, 0.25) is 0 Å². The van der Waals surface area contributed by atoms with Crippen LogP contribution >= 0.6 is 22.6 Å². The molecule has 1 amide bonds. The number of carbonyl (C=O) groups is 1.